The molecular weight excluding hydrogens is 262 g/mol. The average molecular weight is 287 g/mol. The fraction of sp³-hybridized carbons (Fsp3) is 0.611. The van der Waals surface area contributed by atoms with Crippen molar-refractivity contribution in [2.75, 3.05) is 6.61 Å². The van der Waals surface area contributed by atoms with Crippen molar-refractivity contribution < 1.29 is 9.53 Å². The van der Waals surface area contributed by atoms with E-state index in [0.717, 1.165) is 19.3 Å². The number of piperidine rings is 2. The normalized spacial score (nSPS) is 29.3. The Bertz CT molecular complexity index is 473. The van der Waals surface area contributed by atoms with E-state index in [-0.39, 0.29) is 6.04 Å². The number of carbonyl (C=O) groups excluding carboxylic acids is 1. The first-order chi connectivity index (χ1) is 10.2. The quantitative estimate of drug-likeness (QED) is 0.849. The monoisotopic (exact) mass is 287 g/mol. The van der Waals surface area contributed by atoms with Crippen LogP contribution in [0.15, 0.2) is 30.3 Å². The van der Waals surface area contributed by atoms with Gasteiger partial charge in [-0.15, -0.1) is 0 Å². The molecule has 3 heteroatoms. The predicted molar refractivity (Wildman–Crippen MR) is 82.8 cm³/mol. The SMILES string of the molecule is C[C@H]1CC2CCCC(=O)N2[C@H](COCc2ccccc2)C1. The van der Waals surface area contributed by atoms with E-state index >= 15 is 0 Å². The molecule has 0 aliphatic carbocycles. The second kappa shape index (κ2) is 6.61. The second-order valence-corrected chi connectivity index (χ2v) is 6.58. The molecule has 114 valence electrons. The Kier molecular flexibility index (Phi) is 4.59. The fourth-order valence-electron chi connectivity index (χ4n) is 3.87. The summed E-state index contributed by atoms with van der Waals surface area (Å²) in [5.41, 5.74) is 1.20. The summed E-state index contributed by atoms with van der Waals surface area (Å²) >= 11 is 0. The zero-order chi connectivity index (χ0) is 14.7. The molecule has 0 saturated carbocycles. The van der Waals surface area contributed by atoms with Crippen LogP contribution in [0.1, 0.15) is 44.6 Å². The molecule has 2 heterocycles. The molecule has 1 unspecified atom stereocenters. The molecule has 3 rings (SSSR count). The van der Waals surface area contributed by atoms with Crippen molar-refractivity contribution in [3.05, 3.63) is 35.9 Å². The van der Waals surface area contributed by atoms with Crippen LogP contribution >= 0.6 is 0 Å². The van der Waals surface area contributed by atoms with E-state index in [1.165, 1.54) is 18.4 Å². The highest BCUT2D eigenvalue weighted by atomic mass is 16.5. The third-order valence-electron chi connectivity index (χ3n) is 4.77. The summed E-state index contributed by atoms with van der Waals surface area (Å²) < 4.78 is 5.91. The molecule has 2 aliphatic heterocycles. The molecule has 0 radical (unpaired) electrons. The van der Waals surface area contributed by atoms with Crippen molar-refractivity contribution in [1.29, 1.82) is 0 Å². The summed E-state index contributed by atoms with van der Waals surface area (Å²) in [6.07, 6.45) is 5.20. The van der Waals surface area contributed by atoms with Gasteiger partial charge in [0.15, 0.2) is 0 Å². The van der Waals surface area contributed by atoms with Gasteiger partial charge in [0, 0.05) is 12.5 Å². The average Bonchev–Trinajstić information content (AvgIpc) is 2.48. The topological polar surface area (TPSA) is 29.5 Å². The van der Waals surface area contributed by atoms with Crippen LogP contribution in [0.25, 0.3) is 0 Å². The van der Waals surface area contributed by atoms with Crippen molar-refractivity contribution in [1.82, 2.24) is 4.90 Å². The molecule has 2 aliphatic rings. The Balaban J connectivity index is 1.58. The van der Waals surface area contributed by atoms with Crippen molar-refractivity contribution in [3.8, 4) is 0 Å². The summed E-state index contributed by atoms with van der Waals surface area (Å²) in [4.78, 5) is 14.4. The van der Waals surface area contributed by atoms with Crippen LogP contribution in [0.3, 0.4) is 0 Å². The Morgan fingerprint density at radius 2 is 2.05 bits per heavy atom. The Labute approximate surface area is 127 Å². The minimum absolute atomic E-state index is 0.273. The lowest BCUT2D eigenvalue weighted by Gasteiger charge is -2.47. The zero-order valence-corrected chi connectivity index (χ0v) is 12.8. The number of ether oxygens (including phenoxy) is 1. The van der Waals surface area contributed by atoms with Gasteiger partial charge in [0.1, 0.15) is 0 Å². The van der Waals surface area contributed by atoms with Crippen LogP contribution < -0.4 is 0 Å². The molecule has 0 bridgehead atoms. The Morgan fingerprint density at radius 3 is 2.86 bits per heavy atom. The summed E-state index contributed by atoms with van der Waals surface area (Å²) in [5.74, 6) is 1.04. The van der Waals surface area contributed by atoms with Crippen LogP contribution in [-0.2, 0) is 16.1 Å². The summed E-state index contributed by atoms with van der Waals surface area (Å²) in [6, 6.07) is 11.0. The molecule has 21 heavy (non-hydrogen) atoms. The Morgan fingerprint density at radius 1 is 1.24 bits per heavy atom. The molecule has 0 aromatic heterocycles. The maximum absolute atomic E-state index is 12.2. The Hall–Kier alpha value is -1.35. The number of amides is 1. The van der Waals surface area contributed by atoms with E-state index < -0.39 is 0 Å². The van der Waals surface area contributed by atoms with Gasteiger partial charge < -0.3 is 9.64 Å². The summed E-state index contributed by atoms with van der Waals surface area (Å²) in [7, 11) is 0. The van der Waals surface area contributed by atoms with Gasteiger partial charge in [0.25, 0.3) is 0 Å². The number of carbonyl (C=O) groups is 1. The highest BCUT2D eigenvalue weighted by Crippen LogP contribution is 2.34. The van der Waals surface area contributed by atoms with Gasteiger partial charge in [-0.05, 0) is 37.2 Å². The van der Waals surface area contributed by atoms with Crippen molar-refractivity contribution in [2.24, 2.45) is 5.92 Å². The van der Waals surface area contributed by atoms with Gasteiger partial charge in [-0.1, -0.05) is 37.3 Å². The van der Waals surface area contributed by atoms with Crippen LogP contribution in [-0.4, -0.2) is 29.5 Å². The molecule has 3 atom stereocenters. The second-order valence-electron chi connectivity index (χ2n) is 6.58. The number of benzene rings is 1. The summed E-state index contributed by atoms with van der Waals surface area (Å²) in [6.45, 7) is 3.61. The maximum Gasteiger partial charge on any atom is 0.223 e. The molecule has 0 spiro atoms. The minimum Gasteiger partial charge on any atom is -0.375 e. The number of rotatable bonds is 4. The minimum atomic E-state index is 0.273. The molecule has 2 fully saturated rings. The van der Waals surface area contributed by atoms with Gasteiger partial charge in [-0.3, -0.25) is 4.79 Å². The van der Waals surface area contributed by atoms with E-state index in [2.05, 4.69) is 24.0 Å². The third kappa shape index (κ3) is 3.46. The van der Waals surface area contributed by atoms with E-state index in [1.54, 1.807) is 0 Å². The first-order valence-electron chi connectivity index (χ1n) is 8.17. The largest absolute Gasteiger partial charge is 0.375 e. The standard InChI is InChI=1S/C18H25NO2/c1-14-10-16-8-5-9-18(20)19(16)17(11-14)13-21-12-15-6-3-2-4-7-15/h2-4,6-7,14,16-17H,5,8-13H2,1H3/t14-,16?,17-/m0/s1. The molecule has 1 aromatic rings. The van der Waals surface area contributed by atoms with Crippen LogP contribution in [0, 0.1) is 5.92 Å². The van der Waals surface area contributed by atoms with E-state index in [9.17, 15) is 4.79 Å². The molecule has 2 saturated heterocycles. The van der Waals surface area contributed by atoms with E-state index in [4.69, 9.17) is 4.74 Å². The first kappa shape index (κ1) is 14.6. The lowest BCUT2D eigenvalue weighted by atomic mass is 9.83. The number of fused-ring (bicyclic) bond motifs is 1. The van der Waals surface area contributed by atoms with Crippen LogP contribution in [0.4, 0.5) is 0 Å². The predicted octanol–water partition coefficient (Wildman–Crippen LogP) is 3.38. The molecule has 1 amide bonds. The highest BCUT2D eigenvalue weighted by molar-refractivity contribution is 5.77. The van der Waals surface area contributed by atoms with Crippen molar-refractivity contribution in [2.45, 2.75) is 57.7 Å². The summed E-state index contributed by atoms with van der Waals surface area (Å²) in [5, 5.41) is 0. The molecule has 1 aromatic carbocycles. The zero-order valence-electron chi connectivity index (χ0n) is 12.8. The number of nitrogens with zero attached hydrogens (tertiary/aromatic N) is 1. The smallest absolute Gasteiger partial charge is 0.223 e. The molecular formula is C18H25NO2. The molecule has 3 nitrogen and oxygen atoms in total. The molecule has 0 N–H and O–H groups in total. The van der Waals surface area contributed by atoms with Crippen LogP contribution in [0.5, 0.6) is 0 Å². The van der Waals surface area contributed by atoms with Crippen molar-refractivity contribution >= 4 is 5.91 Å². The van der Waals surface area contributed by atoms with Gasteiger partial charge >= 0.3 is 0 Å². The first-order valence-corrected chi connectivity index (χ1v) is 8.17. The third-order valence-corrected chi connectivity index (χ3v) is 4.77. The van der Waals surface area contributed by atoms with Crippen molar-refractivity contribution in [3.63, 3.8) is 0 Å². The number of hydrogen-bond donors (Lipinski definition) is 0. The number of hydrogen-bond acceptors (Lipinski definition) is 2. The van der Waals surface area contributed by atoms with Gasteiger partial charge in [0.05, 0.1) is 19.3 Å². The van der Waals surface area contributed by atoms with Gasteiger partial charge in [-0.2, -0.15) is 0 Å². The lowest BCUT2D eigenvalue weighted by Crippen LogP contribution is -2.55. The lowest BCUT2D eigenvalue weighted by molar-refractivity contribution is -0.145. The van der Waals surface area contributed by atoms with Gasteiger partial charge in [0.2, 0.25) is 5.91 Å². The maximum atomic E-state index is 12.2. The van der Waals surface area contributed by atoms with Crippen LogP contribution in [0.2, 0.25) is 0 Å². The highest BCUT2D eigenvalue weighted by Gasteiger charge is 2.38. The van der Waals surface area contributed by atoms with E-state index in [1.807, 2.05) is 18.2 Å². The van der Waals surface area contributed by atoms with Gasteiger partial charge in [-0.25, -0.2) is 0 Å². The fourth-order valence-corrected chi connectivity index (χ4v) is 3.87. The van der Waals surface area contributed by atoms with E-state index in [0.29, 0.717) is 31.1 Å².